The SMILES string of the molecule is COc1ccc(OCC2CC3(CCCCC3)CN2C(=O)c2cn(C)cn2)cc1. The molecule has 4 rings (SSSR count). The average molecular weight is 383 g/mol. The Morgan fingerprint density at radius 1 is 1.18 bits per heavy atom. The van der Waals surface area contributed by atoms with Crippen LogP contribution >= 0.6 is 0 Å². The molecule has 1 atom stereocenters. The minimum Gasteiger partial charge on any atom is -0.497 e. The predicted octanol–water partition coefficient (Wildman–Crippen LogP) is 3.67. The van der Waals surface area contributed by atoms with E-state index in [9.17, 15) is 4.79 Å². The molecule has 1 aliphatic carbocycles. The van der Waals surface area contributed by atoms with Crippen molar-refractivity contribution in [2.24, 2.45) is 12.5 Å². The van der Waals surface area contributed by atoms with E-state index in [2.05, 4.69) is 4.98 Å². The number of amides is 1. The lowest BCUT2D eigenvalue weighted by Gasteiger charge is -2.33. The quantitative estimate of drug-likeness (QED) is 0.790. The first-order chi connectivity index (χ1) is 13.6. The number of carbonyl (C=O) groups is 1. The van der Waals surface area contributed by atoms with E-state index in [4.69, 9.17) is 9.47 Å². The van der Waals surface area contributed by atoms with Crippen LogP contribution in [0.2, 0.25) is 0 Å². The number of nitrogens with zero attached hydrogens (tertiary/aromatic N) is 3. The van der Waals surface area contributed by atoms with Gasteiger partial charge >= 0.3 is 0 Å². The van der Waals surface area contributed by atoms with Crippen LogP contribution in [-0.4, -0.2) is 46.7 Å². The Bertz CT molecular complexity index is 809. The molecule has 0 N–H and O–H groups in total. The van der Waals surface area contributed by atoms with E-state index in [0.29, 0.717) is 12.3 Å². The fourth-order valence-electron chi connectivity index (χ4n) is 4.75. The van der Waals surface area contributed by atoms with Gasteiger partial charge in [0.25, 0.3) is 5.91 Å². The number of hydrogen-bond acceptors (Lipinski definition) is 4. The van der Waals surface area contributed by atoms with Gasteiger partial charge in [-0.1, -0.05) is 19.3 Å². The standard InChI is InChI=1S/C22H29N3O3/c1-24-13-20(23-16-24)21(26)25-15-22(10-4-3-5-11-22)12-17(25)14-28-19-8-6-18(27-2)7-9-19/h6-9,13,16-17H,3-5,10-12,14-15H2,1-2H3. The van der Waals surface area contributed by atoms with Gasteiger partial charge in [0, 0.05) is 19.8 Å². The van der Waals surface area contributed by atoms with Crippen LogP contribution in [0.15, 0.2) is 36.8 Å². The van der Waals surface area contributed by atoms with Gasteiger partial charge in [0.15, 0.2) is 0 Å². The molecule has 1 amide bonds. The molecule has 2 heterocycles. The fraction of sp³-hybridized carbons (Fsp3) is 0.545. The van der Waals surface area contributed by atoms with Crippen molar-refractivity contribution in [1.82, 2.24) is 14.5 Å². The van der Waals surface area contributed by atoms with E-state index in [-0.39, 0.29) is 17.4 Å². The molecular formula is C22H29N3O3. The van der Waals surface area contributed by atoms with Gasteiger partial charge in [-0.15, -0.1) is 0 Å². The monoisotopic (exact) mass is 383 g/mol. The molecule has 6 nitrogen and oxygen atoms in total. The third-order valence-corrected chi connectivity index (χ3v) is 6.22. The number of aryl methyl sites for hydroxylation is 1. The molecule has 1 unspecified atom stereocenters. The highest BCUT2D eigenvalue weighted by molar-refractivity contribution is 5.92. The summed E-state index contributed by atoms with van der Waals surface area (Å²) in [6.45, 7) is 1.33. The average Bonchev–Trinajstić information content (AvgIpc) is 3.31. The normalized spacial score (nSPS) is 21.1. The zero-order chi connectivity index (χ0) is 19.6. The van der Waals surface area contributed by atoms with Crippen molar-refractivity contribution in [2.75, 3.05) is 20.3 Å². The largest absolute Gasteiger partial charge is 0.497 e. The first-order valence-electron chi connectivity index (χ1n) is 10.1. The lowest BCUT2D eigenvalue weighted by atomic mass is 9.73. The van der Waals surface area contributed by atoms with Crippen molar-refractivity contribution in [2.45, 2.75) is 44.6 Å². The Balaban J connectivity index is 1.50. The summed E-state index contributed by atoms with van der Waals surface area (Å²) in [5, 5.41) is 0. The van der Waals surface area contributed by atoms with Gasteiger partial charge in [0.2, 0.25) is 0 Å². The van der Waals surface area contributed by atoms with Crippen molar-refractivity contribution in [3.8, 4) is 11.5 Å². The third-order valence-electron chi connectivity index (χ3n) is 6.22. The lowest BCUT2D eigenvalue weighted by molar-refractivity contribution is 0.0668. The smallest absolute Gasteiger partial charge is 0.274 e. The second-order valence-corrected chi connectivity index (χ2v) is 8.26. The van der Waals surface area contributed by atoms with Gasteiger partial charge in [-0.3, -0.25) is 4.79 Å². The molecule has 1 saturated carbocycles. The molecule has 0 radical (unpaired) electrons. The maximum absolute atomic E-state index is 13.2. The Labute approximate surface area is 166 Å². The summed E-state index contributed by atoms with van der Waals surface area (Å²) in [6, 6.07) is 7.69. The highest BCUT2D eigenvalue weighted by Gasteiger charge is 2.46. The number of benzene rings is 1. The van der Waals surface area contributed by atoms with Crippen molar-refractivity contribution in [3.63, 3.8) is 0 Å². The summed E-state index contributed by atoms with van der Waals surface area (Å²) < 4.78 is 13.1. The lowest BCUT2D eigenvalue weighted by Crippen LogP contribution is -2.40. The highest BCUT2D eigenvalue weighted by Crippen LogP contribution is 2.46. The van der Waals surface area contributed by atoms with Crippen LogP contribution in [-0.2, 0) is 7.05 Å². The molecule has 150 valence electrons. The summed E-state index contributed by atoms with van der Waals surface area (Å²) in [7, 11) is 3.54. The van der Waals surface area contributed by atoms with Gasteiger partial charge in [0.1, 0.15) is 23.8 Å². The number of rotatable bonds is 5. The van der Waals surface area contributed by atoms with Crippen LogP contribution < -0.4 is 9.47 Å². The molecule has 0 bridgehead atoms. The number of methoxy groups -OCH3 is 1. The van der Waals surface area contributed by atoms with Crippen molar-refractivity contribution in [3.05, 3.63) is 42.5 Å². The van der Waals surface area contributed by atoms with Gasteiger partial charge < -0.3 is 18.9 Å². The Morgan fingerprint density at radius 3 is 2.54 bits per heavy atom. The second-order valence-electron chi connectivity index (χ2n) is 8.26. The summed E-state index contributed by atoms with van der Waals surface area (Å²) in [6.07, 6.45) is 10.7. The van der Waals surface area contributed by atoms with Crippen LogP contribution in [0, 0.1) is 5.41 Å². The first kappa shape index (κ1) is 18.8. The van der Waals surface area contributed by atoms with E-state index in [1.807, 2.05) is 40.8 Å². The van der Waals surface area contributed by atoms with Gasteiger partial charge in [-0.25, -0.2) is 4.98 Å². The predicted molar refractivity (Wildman–Crippen MR) is 107 cm³/mol. The van der Waals surface area contributed by atoms with Crippen LogP contribution in [0.4, 0.5) is 0 Å². The number of hydrogen-bond donors (Lipinski definition) is 0. The van der Waals surface area contributed by atoms with E-state index < -0.39 is 0 Å². The topological polar surface area (TPSA) is 56.6 Å². The molecule has 28 heavy (non-hydrogen) atoms. The van der Waals surface area contributed by atoms with Gasteiger partial charge in [-0.05, 0) is 48.9 Å². The summed E-state index contributed by atoms with van der Waals surface area (Å²) in [5.41, 5.74) is 0.765. The van der Waals surface area contributed by atoms with E-state index in [1.54, 1.807) is 19.6 Å². The molecule has 1 aromatic carbocycles. The number of ether oxygens (including phenoxy) is 2. The molecule has 2 fully saturated rings. The zero-order valence-corrected chi connectivity index (χ0v) is 16.8. The molecule has 1 spiro atoms. The van der Waals surface area contributed by atoms with Crippen LogP contribution in [0.3, 0.4) is 0 Å². The Hall–Kier alpha value is -2.50. The molecule has 1 saturated heterocycles. The Morgan fingerprint density at radius 2 is 1.89 bits per heavy atom. The van der Waals surface area contributed by atoms with Crippen molar-refractivity contribution < 1.29 is 14.3 Å². The summed E-state index contributed by atoms with van der Waals surface area (Å²) in [5.74, 6) is 1.63. The summed E-state index contributed by atoms with van der Waals surface area (Å²) in [4.78, 5) is 19.5. The van der Waals surface area contributed by atoms with Crippen molar-refractivity contribution >= 4 is 5.91 Å². The number of likely N-dealkylation sites (tertiary alicyclic amines) is 1. The molecule has 1 aliphatic heterocycles. The zero-order valence-electron chi connectivity index (χ0n) is 16.8. The Kier molecular flexibility index (Phi) is 5.29. The minimum absolute atomic E-state index is 0.0198. The molecule has 6 heteroatoms. The highest BCUT2D eigenvalue weighted by atomic mass is 16.5. The number of aromatic nitrogens is 2. The molecule has 2 aromatic rings. The molecular weight excluding hydrogens is 354 g/mol. The first-order valence-corrected chi connectivity index (χ1v) is 10.1. The van der Waals surface area contributed by atoms with E-state index >= 15 is 0 Å². The van der Waals surface area contributed by atoms with Crippen LogP contribution in [0.1, 0.15) is 49.0 Å². The molecule has 2 aliphatic rings. The maximum atomic E-state index is 13.2. The minimum atomic E-state index is 0.0198. The summed E-state index contributed by atoms with van der Waals surface area (Å²) >= 11 is 0. The van der Waals surface area contributed by atoms with Gasteiger partial charge in [0.05, 0.1) is 19.5 Å². The van der Waals surface area contributed by atoms with Crippen LogP contribution in [0.5, 0.6) is 11.5 Å². The number of carbonyl (C=O) groups excluding carboxylic acids is 1. The van der Waals surface area contributed by atoms with Crippen molar-refractivity contribution in [1.29, 1.82) is 0 Å². The van der Waals surface area contributed by atoms with Crippen LogP contribution in [0.25, 0.3) is 0 Å². The maximum Gasteiger partial charge on any atom is 0.274 e. The van der Waals surface area contributed by atoms with E-state index in [1.165, 1.54) is 32.1 Å². The molecule has 1 aromatic heterocycles. The fourth-order valence-corrected chi connectivity index (χ4v) is 4.75. The second kappa shape index (κ2) is 7.86. The third kappa shape index (κ3) is 3.86. The van der Waals surface area contributed by atoms with E-state index in [0.717, 1.165) is 24.5 Å². The number of imidazole rings is 1. The van der Waals surface area contributed by atoms with Gasteiger partial charge in [-0.2, -0.15) is 0 Å².